The van der Waals surface area contributed by atoms with Gasteiger partial charge in [0.1, 0.15) is 11.9 Å². The van der Waals surface area contributed by atoms with Crippen LogP contribution >= 0.6 is 0 Å². The van der Waals surface area contributed by atoms with Crippen LogP contribution in [-0.2, 0) is 9.53 Å². The van der Waals surface area contributed by atoms with E-state index >= 15 is 0 Å². The number of anilines is 1. The Kier molecular flexibility index (Phi) is 4.43. The fraction of sp³-hybridized carbons (Fsp3) is 0.533. The zero-order valence-corrected chi connectivity index (χ0v) is 12.3. The summed E-state index contributed by atoms with van der Waals surface area (Å²) in [5.41, 5.74) is 1.24. The lowest BCUT2D eigenvalue weighted by molar-refractivity contribution is -0.153. The Balaban J connectivity index is 2.22. The minimum atomic E-state index is -0.857. The van der Waals surface area contributed by atoms with Gasteiger partial charge in [-0.05, 0) is 38.3 Å². The number of pyridine rings is 1. The van der Waals surface area contributed by atoms with Crippen LogP contribution in [0.3, 0.4) is 0 Å². The van der Waals surface area contributed by atoms with Crippen molar-refractivity contribution in [3.63, 3.8) is 0 Å². The molecule has 6 heteroatoms. The molecule has 1 aromatic rings. The Morgan fingerprint density at radius 1 is 1.52 bits per heavy atom. The monoisotopic (exact) mass is 289 g/mol. The summed E-state index contributed by atoms with van der Waals surface area (Å²) in [6.07, 6.45) is 0.921. The highest BCUT2D eigenvalue weighted by molar-refractivity contribution is 5.76. The second-order valence-electron chi connectivity index (χ2n) is 5.47. The third-order valence-electron chi connectivity index (χ3n) is 3.95. The number of nitrogens with one attached hydrogen (secondary N) is 1. The lowest BCUT2D eigenvalue weighted by Gasteiger charge is -2.33. The molecule has 2 rings (SSSR count). The molecule has 21 heavy (non-hydrogen) atoms. The third kappa shape index (κ3) is 3.14. The molecule has 0 aromatic carbocycles. The molecule has 1 fully saturated rings. The number of nitriles is 1. The molecular formula is C15H19N3O3. The maximum Gasteiger partial charge on any atom is 0.311 e. The first-order valence-electron chi connectivity index (χ1n) is 6.92. The highest BCUT2D eigenvalue weighted by Gasteiger charge is 2.40. The van der Waals surface area contributed by atoms with E-state index in [1.54, 1.807) is 0 Å². The summed E-state index contributed by atoms with van der Waals surface area (Å²) in [6.45, 7) is 4.83. The predicted octanol–water partition coefficient (Wildman–Crippen LogP) is 1.86. The highest BCUT2D eigenvalue weighted by Crippen LogP contribution is 2.31. The minimum absolute atomic E-state index is 0.246. The van der Waals surface area contributed by atoms with E-state index in [0.717, 1.165) is 11.3 Å². The van der Waals surface area contributed by atoms with Gasteiger partial charge >= 0.3 is 5.97 Å². The number of hydrogen-bond donors (Lipinski definition) is 2. The molecule has 2 heterocycles. The van der Waals surface area contributed by atoms with Crippen molar-refractivity contribution in [3.05, 3.63) is 22.9 Å². The van der Waals surface area contributed by atoms with Crippen LogP contribution in [0.15, 0.2) is 6.07 Å². The first kappa shape index (κ1) is 15.3. The maximum absolute atomic E-state index is 11.6. The first-order valence-corrected chi connectivity index (χ1v) is 6.92. The van der Waals surface area contributed by atoms with E-state index in [1.807, 2.05) is 19.9 Å². The van der Waals surface area contributed by atoms with Gasteiger partial charge in [-0.15, -0.1) is 0 Å². The van der Waals surface area contributed by atoms with E-state index in [4.69, 9.17) is 4.74 Å². The van der Waals surface area contributed by atoms with Gasteiger partial charge in [0.25, 0.3) is 0 Å². The summed E-state index contributed by atoms with van der Waals surface area (Å²) in [5, 5.41) is 21.8. The van der Waals surface area contributed by atoms with Crippen molar-refractivity contribution in [2.24, 2.45) is 5.41 Å². The molecule has 0 aliphatic carbocycles. The molecule has 6 nitrogen and oxygen atoms in total. The Labute approximate surface area is 123 Å². The largest absolute Gasteiger partial charge is 0.481 e. The second-order valence-corrected chi connectivity index (χ2v) is 5.47. The predicted molar refractivity (Wildman–Crippen MR) is 77.0 cm³/mol. The van der Waals surface area contributed by atoms with Gasteiger partial charge in [0.15, 0.2) is 0 Å². The number of aromatic nitrogens is 1. The normalized spacial score (nSPS) is 17.0. The zero-order valence-electron chi connectivity index (χ0n) is 12.3. The fourth-order valence-electron chi connectivity index (χ4n) is 2.59. The molecule has 0 radical (unpaired) electrons. The molecule has 1 aromatic heterocycles. The summed E-state index contributed by atoms with van der Waals surface area (Å²) in [7, 11) is 0. The number of hydrogen-bond acceptors (Lipinski definition) is 5. The van der Waals surface area contributed by atoms with Gasteiger partial charge in [-0.3, -0.25) is 4.79 Å². The van der Waals surface area contributed by atoms with Gasteiger partial charge in [-0.1, -0.05) is 0 Å². The summed E-state index contributed by atoms with van der Waals surface area (Å²) in [6, 6.07) is 3.96. The van der Waals surface area contributed by atoms with Crippen molar-refractivity contribution in [3.8, 4) is 6.07 Å². The average Bonchev–Trinajstić information content (AvgIpc) is 2.45. The maximum atomic E-state index is 11.6. The lowest BCUT2D eigenvalue weighted by atomic mass is 9.80. The highest BCUT2D eigenvalue weighted by atomic mass is 16.5. The summed E-state index contributed by atoms with van der Waals surface area (Å²) >= 11 is 0. The van der Waals surface area contributed by atoms with E-state index in [0.29, 0.717) is 37.4 Å². The Morgan fingerprint density at radius 3 is 2.76 bits per heavy atom. The summed E-state index contributed by atoms with van der Waals surface area (Å²) < 4.78 is 5.25. The SMILES string of the molecule is Cc1cc(C)c(C#N)c(NCC2(C(=O)O)CCOCC2)n1. The molecule has 1 aliphatic heterocycles. The molecule has 1 aliphatic rings. The van der Waals surface area contributed by atoms with Gasteiger partial charge in [0.2, 0.25) is 0 Å². The summed E-state index contributed by atoms with van der Waals surface area (Å²) in [5.74, 6) is -0.372. The molecule has 112 valence electrons. The lowest BCUT2D eigenvalue weighted by Crippen LogP contribution is -2.42. The van der Waals surface area contributed by atoms with E-state index in [1.165, 1.54) is 0 Å². The van der Waals surface area contributed by atoms with E-state index in [-0.39, 0.29) is 6.54 Å². The van der Waals surface area contributed by atoms with Crippen molar-refractivity contribution < 1.29 is 14.6 Å². The fourth-order valence-corrected chi connectivity index (χ4v) is 2.59. The van der Waals surface area contributed by atoms with Crippen LogP contribution in [0, 0.1) is 30.6 Å². The summed E-state index contributed by atoms with van der Waals surface area (Å²) in [4.78, 5) is 15.9. The number of rotatable bonds is 4. The van der Waals surface area contributed by atoms with E-state index in [9.17, 15) is 15.2 Å². The van der Waals surface area contributed by atoms with Gasteiger partial charge in [0.05, 0.1) is 11.0 Å². The molecule has 0 unspecified atom stereocenters. The molecule has 2 N–H and O–H groups in total. The molecule has 0 amide bonds. The van der Waals surface area contributed by atoms with Crippen LogP contribution in [0.2, 0.25) is 0 Å². The van der Waals surface area contributed by atoms with Crippen molar-refractivity contribution in [1.82, 2.24) is 4.98 Å². The van der Waals surface area contributed by atoms with Crippen molar-refractivity contribution >= 4 is 11.8 Å². The van der Waals surface area contributed by atoms with Crippen LogP contribution in [0.5, 0.6) is 0 Å². The third-order valence-corrected chi connectivity index (χ3v) is 3.95. The van der Waals surface area contributed by atoms with Crippen LogP contribution in [0.4, 0.5) is 5.82 Å². The number of ether oxygens (including phenoxy) is 1. The van der Waals surface area contributed by atoms with Crippen molar-refractivity contribution in [2.75, 3.05) is 25.1 Å². The number of carboxylic acids is 1. The van der Waals surface area contributed by atoms with Crippen LogP contribution in [-0.4, -0.2) is 35.8 Å². The van der Waals surface area contributed by atoms with Crippen molar-refractivity contribution in [1.29, 1.82) is 5.26 Å². The van der Waals surface area contributed by atoms with Gasteiger partial charge < -0.3 is 15.2 Å². The number of carbonyl (C=O) groups is 1. The Bertz CT molecular complexity index is 587. The van der Waals surface area contributed by atoms with Crippen LogP contribution in [0.1, 0.15) is 29.7 Å². The first-order chi connectivity index (χ1) is 9.98. The van der Waals surface area contributed by atoms with Gasteiger partial charge in [-0.25, -0.2) is 4.98 Å². The molecule has 0 saturated carbocycles. The van der Waals surface area contributed by atoms with Gasteiger partial charge in [0, 0.05) is 25.5 Å². The second kappa shape index (κ2) is 6.10. The zero-order chi connectivity index (χ0) is 15.5. The average molecular weight is 289 g/mol. The van der Waals surface area contributed by atoms with Crippen molar-refractivity contribution in [2.45, 2.75) is 26.7 Å². The topological polar surface area (TPSA) is 95.2 Å². The smallest absolute Gasteiger partial charge is 0.311 e. The standard InChI is InChI=1S/C15H19N3O3/c1-10-7-11(2)18-13(12(10)8-16)17-9-15(14(19)20)3-5-21-6-4-15/h7H,3-6,9H2,1-2H3,(H,17,18)(H,19,20). The van der Waals surface area contributed by atoms with Crippen LogP contribution in [0.25, 0.3) is 0 Å². The Morgan fingerprint density at radius 2 is 2.19 bits per heavy atom. The van der Waals surface area contributed by atoms with E-state index < -0.39 is 11.4 Å². The molecule has 0 atom stereocenters. The van der Waals surface area contributed by atoms with E-state index in [2.05, 4.69) is 16.4 Å². The number of carboxylic acid groups (broad SMARTS) is 1. The van der Waals surface area contributed by atoms with Gasteiger partial charge in [-0.2, -0.15) is 5.26 Å². The molecule has 1 saturated heterocycles. The van der Waals surface area contributed by atoms with Crippen LogP contribution < -0.4 is 5.32 Å². The Hall–Kier alpha value is -2.13. The molecular weight excluding hydrogens is 270 g/mol. The quantitative estimate of drug-likeness (QED) is 0.878. The molecule has 0 bridgehead atoms. The number of nitrogens with zero attached hydrogens (tertiary/aromatic N) is 2. The molecule has 0 spiro atoms. The number of aliphatic carboxylic acids is 1. The number of aryl methyl sites for hydroxylation is 2. The minimum Gasteiger partial charge on any atom is -0.481 e.